The Morgan fingerprint density at radius 2 is 1.96 bits per heavy atom. The summed E-state index contributed by atoms with van der Waals surface area (Å²) in [5.74, 6) is 0.996. The second kappa shape index (κ2) is 6.48. The van der Waals surface area contributed by atoms with Gasteiger partial charge in [-0.3, -0.25) is 5.01 Å². The molecule has 2 aliphatic heterocycles. The molecule has 0 amide bonds. The van der Waals surface area contributed by atoms with Gasteiger partial charge in [-0.2, -0.15) is 5.10 Å². The first-order chi connectivity index (χ1) is 11.8. The Morgan fingerprint density at radius 3 is 2.79 bits per heavy atom. The van der Waals surface area contributed by atoms with Gasteiger partial charge in [-0.15, -0.1) is 0 Å². The third-order valence-corrected chi connectivity index (χ3v) is 5.10. The Balaban J connectivity index is 1.71. The molecule has 0 saturated heterocycles. The van der Waals surface area contributed by atoms with E-state index in [1.807, 2.05) is 30.3 Å². The monoisotopic (exact) mass is 340 g/mol. The third kappa shape index (κ3) is 2.67. The first-order valence-corrected chi connectivity index (χ1v) is 9.02. The number of hydrogen-bond acceptors (Lipinski definition) is 3. The molecule has 0 aromatic heterocycles. The molecule has 0 saturated carbocycles. The highest BCUT2D eigenvalue weighted by Crippen LogP contribution is 2.44. The number of rotatable bonds is 4. The van der Waals surface area contributed by atoms with Crippen LogP contribution in [0.15, 0.2) is 53.6 Å². The van der Waals surface area contributed by atoms with Gasteiger partial charge >= 0.3 is 0 Å². The van der Waals surface area contributed by atoms with Crippen LogP contribution in [0.1, 0.15) is 49.8 Å². The normalized spacial score (nSPS) is 21.8. The van der Waals surface area contributed by atoms with Crippen LogP contribution in [0.2, 0.25) is 5.02 Å². The van der Waals surface area contributed by atoms with E-state index in [1.54, 1.807) is 0 Å². The molecule has 24 heavy (non-hydrogen) atoms. The third-order valence-electron chi connectivity index (χ3n) is 4.77. The van der Waals surface area contributed by atoms with Crippen LogP contribution in [0.3, 0.4) is 0 Å². The summed E-state index contributed by atoms with van der Waals surface area (Å²) >= 11 is 6.39. The predicted molar refractivity (Wildman–Crippen MR) is 97.6 cm³/mol. The molecule has 3 nitrogen and oxygen atoms in total. The van der Waals surface area contributed by atoms with Crippen LogP contribution in [-0.4, -0.2) is 16.9 Å². The Kier molecular flexibility index (Phi) is 4.19. The predicted octanol–water partition coefficient (Wildman–Crippen LogP) is 5.40. The Bertz CT molecular complexity index is 774. The molecular weight excluding hydrogens is 320 g/mol. The van der Waals surface area contributed by atoms with E-state index in [1.165, 1.54) is 5.56 Å². The summed E-state index contributed by atoms with van der Waals surface area (Å²) in [7, 11) is 0. The number of para-hydroxylation sites is 1. The molecule has 0 fully saturated rings. The molecule has 2 aromatic rings. The Hall–Kier alpha value is -2.00. The number of fused-ring (bicyclic) bond motifs is 3. The number of benzene rings is 2. The number of halogens is 1. The number of hydrazone groups is 1. The van der Waals surface area contributed by atoms with E-state index < -0.39 is 0 Å². The standard InChI is InChI=1S/C20H21ClN2O/c1-2-3-12-20-23-18(15-9-5-7-11-19(15)24-20)13-17(22-23)14-8-4-6-10-16(14)21/h4-11,18,20H,2-3,12-13H2,1H3. The van der Waals surface area contributed by atoms with Gasteiger partial charge in [0, 0.05) is 29.0 Å². The van der Waals surface area contributed by atoms with E-state index >= 15 is 0 Å². The Labute approximate surface area is 147 Å². The molecule has 2 unspecified atom stereocenters. The van der Waals surface area contributed by atoms with Gasteiger partial charge in [0.25, 0.3) is 0 Å². The average molecular weight is 341 g/mol. The summed E-state index contributed by atoms with van der Waals surface area (Å²) < 4.78 is 6.25. The van der Waals surface area contributed by atoms with E-state index in [-0.39, 0.29) is 12.3 Å². The molecule has 2 atom stereocenters. The van der Waals surface area contributed by atoms with Crippen molar-refractivity contribution < 1.29 is 4.74 Å². The fourth-order valence-electron chi connectivity index (χ4n) is 3.54. The number of nitrogens with zero attached hydrogens (tertiary/aromatic N) is 2. The molecule has 2 aromatic carbocycles. The molecule has 0 bridgehead atoms. The van der Waals surface area contributed by atoms with E-state index in [2.05, 4.69) is 30.1 Å². The first kappa shape index (κ1) is 15.5. The molecule has 0 N–H and O–H groups in total. The first-order valence-electron chi connectivity index (χ1n) is 8.64. The molecular formula is C20H21ClN2O. The summed E-state index contributed by atoms with van der Waals surface area (Å²) in [5.41, 5.74) is 3.30. The van der Waals surface area contributed by atoms with Crippen molar-refractivity contribution in [3.05, 3.63) is 64.7 Å². The second-order valence-corrected chi connectivity index (χ2v) is 6.79. The maximum atomic E-state index is 6.39. The SMILES string of the molecule is CCCCC1Oc2ccccc2C2CC(c3ccccc3Cl)=NN12. The highest BCUT2D eigenvalue weighted by molar-refractivity contribution is 6.34. The number of ether oxygens (including phenoxy) is 1. The van der Waals surface area contributed by atoms with Crippen molar-refractivity contribution in [1.29, 1.82) is 0 Å². The van der Waals surface area contributed by atoms with Crippen LogP contribution in [-0.2, 0) is 0 Å². The molecule has 0 spiro atoms. The van der Waals surface area contributed by atoms with Gasteiger partial charge in [0.2, 0.25) is 0 Å². The fraction of sp³-hybridized carbons (Fsp3) is 0.350. The second-order valence-electron chi connectivity index (χ2n) is 6.38. The van der Waals surface area contributed by atoms with Gasteiger partial charge in [0.15, 0.2) is 6.23 Å². The number of hydrogen-bond donors (Lipinski definition) is 0. The van der Waals surface area contributed by atoms with Crippen molar-refractivity contribution in [2.45, 2.75) is 44.9 Å². The molecule has 4 rings (SSSR count). The molecule has 2 heterocycles. The van der Waals surface area contributed by atoms with Crippen LogP contribution in [0.25, 0.3) is 0 Å². The topological polar surface area (TPSA) is 24.8 Å². The summed E-state index contributed by atoms with van der Waals surface area (Å²) in [4.78, 5) is 0. The highest BCUT2D eigenvalue weighted by atomic mass is 35.5. The summed E-state index contributed by atoms with van der Waals surface area (Å²) in [5, 5.41) is 7.82. The average Bonchev–Trinajstić information content (AvgIpc) is 3.05. The van der Waals surface area contributed by atoms with E-state index in [4.69, 9.17) is 21.4 Å². The van der Waals surface area contributed by atoms with Crippen LogP contribution in [0, 0.1) is 0 Å². The van der Waals surface area contributed by atoms with E-state index in [0.29, 0.717) is 0 Å². The highest BCUT2D eigenvalue weighted by Gasteiger charge is 2.39. The van der Waals surface area contributed by atoms with Crippen molar-refractivity contribution in [1.82, 2.24) is 5.01 Å². The maximum Gasteiger partial charge on any atom is 0.187 e. The van der Waals surface area contributed by atoms with Crippen LogP contribution in [0.5, 0.6) is 5.75 Å². The van der Waals surface area contributed by atoms with Crippen LogP contribution >= 0.6 is 11.6 Å². The minimum atomic E-state index is 0.00448. The van der Waals surface area contributed by atoms with E-state index in [9.17, 15) is 0 Å². The zero-order valence-electron chi connectivity index (χ0n) is 13.8. The van der Waals surface area contributed by atoms with Crippen molar-refractivity contribution in [3.8, 4) is 5.75 Å². The fourth-order valence-corrected chi connectivity index (χ4v) is 3.78. The molecule has 2 aliphatic rings. The largest absolute Gasteiger partial charge is 0.469 e. The lowest BCUT2D eigenvalue weighted by atomic mass is 9.96. The van der Waals surface area contributed by atoms with Crippen molar-refractivity contribution in [3.63, 3.8) is 0 Å². The van der Waals surface area contributed by atoms with Gasteiger partial charge in [-0.25, -0.2) is 0 Å². The smallest absolute Gasteiger partial charge is 0.187 e. The van der Waals surface area contributed by atoms with Gasteiger partial charge in [0.1, 0.15) is 5.75 Å². The van der Waals surface area contributed by atoms with Gasteiger partial charge in [-0.1, -0.05) is 61.3 Å². The quantitative estimate of drug-likeness (QED) is 0.744. The van der Waals surface area contributed by atoms with Gasteiger partial charge in [-0.05, 0) is 18.6 Å². The summed E-state index contributed by atoms with van der Waals surface area (Å²) in [6.45, 7) is 2.21. The minimum absolute atomic E-state index is 0.00448. The summed E-state index contributed by atoms with van der Waals surface area (Å²) in [6.07, 6.45) is 4.14. The van der Waals surface area contributed by atoms with Crippen molar-refractivity contribution >= 4 is 17.3 Å². The lowest BCUT2D eigenvalue weighted by Crippen LogP contribution is -2.40. The number of unbranched alkanes of at least 4 members (excludes halogenated alkanes) is 1. The van der Waals surface area contributed by atoms with Crippen LogP contribution < -0.4 is 4.74 Å². The van der Waals surface area contributed by atoms with Crippen LogP contribution in [0.4, 0.5) is 0 Å². The lowest BCUT2D eigenvalue weighted by Gasteiger charge is -2.38. The van der Waals surface area contributed by atoms with Crippen molar-refractivity contribution in [2.24, 2.45) is 5.10 Å². The Morgan fingerprint density at radius 1 is 1.17 bits per heavy atom. The van der Waals surface area contributed by atoms with Gasteiger partial charge in [0.05, 0.1) is 11.8 Å². The minimum Gasteiger partial charge on any atom is -0.469 e. The lowest BCUT2D eigenvalue weighted by molar-refractivity contribution is -0.0231. The molecule has 124 valence electrons. The molecule has 4 heteroatoms. The van der Waals surface area contributed by atoms with Crippen molar-refractivity contribution in [2.75, 3.05) is 0 Å². The maximum absolute atomic E-state index is 6.39. The zero-order chi connectivity index (χ0) is 16.5. The molecule has 0 radical (unpaired) electrons. The summed E-state index contributed by atoms with van der Waals surface area (Å²) in [6, 6.07) is 16.5. The zero-order valence-corrected chi connectivity index (χ0v) is 14.5. The molecule has 0 aliphatic carbocycles. The van der Waals surface area contributed by atoms with Gasteiger partial charge < -0.3 is 4.74 Å². The van der Waals surface area contributed by atoms with E-state index in [0.717, 1.165) is 47.7 Å².